The first kappa shape index (κ1) is 19.6. The maximum atomic E-state index is 6.11. The van der Waals surface area contributed by atoms with E-state index >= 15 is 0 Å². The van der Waals surface area contributed by atoms with Crippen molar-refractivity contribution in [3.63, 3.8) is 0 Å². The number of hydrogen-bond acceptors (Lipinski definition) is 4. The largest absolute Gasteiger partial charge is 0.532 e. The Morgan fingerprint density at radius 3 is 2.44 bits per heavy atom. The van der Waals surface area contributed by atoms with Crippen molar-refractivity contribution in [1.82, 2.24) is 0 Å². The third-order valence-electron chi connectivity index (χ3n) is 3.03. The highest BCUT2D eigenvalue weighted by molar-refractivity contribution is 7.98. The maximum Gasteiger partial charge on any atom is 0.244 e. The standard InChI is InChI=1S/C19H22ClNO2SSi/c1-14(23-25(3,4)5)21-13-15-12-16(20)6-11-19(15)22-17-7-9-18(24-2)10-8-17/h6-13H,1H2,2-5H3. The molecule has 0 aromatic heterocycles. The van der Waals surface area contributed by atoms with E-state index in [2.05, 4.69) is 31.2 Å². The third-order valence-corrected chi connectivity index (χ3v) is 4.86. The van der Waals surface area contributed by atoms with E-state index in [1.54, 1.807) is 30.1 Å². The molecule has 3 nitrogen and oxygen atoms in total. The first-order valence-corrected chi connectivity index (χ1v) is 12.8. The first-order chi connectivity index (χ1) is 11.8. The van der Waals surface area contributed by atoms with Crippen molar-refractivity contribution >= 4 is 37.9 Å². The van der Waals surface area contributed by atoms with Gasteiger partial charge in [-0.3, -0.25) is 0 Å². The van der Waals surface area contributed by atoms with Crippen LogP contribution in [0.2, 0.25) is 24.7 Å². The van der Waals surface area contributed by atoms with Gasteiger partial charge in [-0.05, 0) is 74.9 Å². The van der Waals surface area contributed by atoms with Crippen LogP contribution in [0, 0.1) is 0 Å². The Balaban J connectivity index is 2.20. The molecule has 0 radical (unpaired) electrons. The second-order valence-corrected chi connectivity index (χ2v) is 12.1. The van der Waals surface area contributed by atoms with E-state index in [4.69, 9.17) is 20.8 Å². The number of thioether (sulfide) groups is 1. The average Bonchev–Trinajstić information content (AvgIpc) is 2.54. The van der Waals surface area contributed by atoms with Crippen molar-refractivity contribution in [3.8, 4) is 11.5 Å². The number of hydrogen-bond donors (Lipinski definition) is 0. The van der Waals surface area contributed by atoms with Crippen molar-refractivity contribution in [3.05, 3.63) is 65.5 Å². The second kappa shape index (κ2) is 8.60. The van der Waals surface area contributed by atoms with Crippen molar-refractivity contribution in [2.75, 3.05) is 6.26 Å². The molecule has 2 rings (SSSR count). The Kier molecular flexibility index (Phi) is 6.76. The van der Waals surface area contributed by atoms with Crippen molar-refractivity contribution in [2.24, 2.45) is 4.99 Å². The summed E-state index contributed by atoms with van der Waals surface area (Å²) in [5.41, 5.74) is 0.766. The van der Waals surface area contributed by atoms with Gasteiger partial charge in [-0.25, -0.2) is 4.99 Å². The first-order valence-electron chi connectivity index (χ1n) is 7.80. The summed E-state index contributed by atoms with van der Waals surface area (Å²) in [6.45, 7) is 10.1. The molecule has 0 amide bonds. The molecule has 0 saturated carbocycles. The summed E-state index contributed by atoms with van der Waals surface area (Å²) < 4.78 is 11.7. The fraction of sp³-hybridized carbons (Fsp3) is 0.211. The Bertz CT molecular complexity index is 770. The lowest BCUT2D eigenvalue weighted by molar-refractivity contribution is 0.421. The van der Waals surface area contributed by atoms with E-state index in [1.165, 1.54) is 4.90 Å². The van der Waals surface area contributed by atoms with Gasteiger partial charge in [-0.1, -0.05) is 11.6 Å². The fourth-order valence-corrected chi connectivity index (χ4v) is 3.35. The zero-order chi connectivity index (χ0) is 18.4. The highest BCUT2D eigenvalue weighted by Crippen LogP contribution is 2.28. The molecule has 2 aromatic carbocycles. The summed E-state index contributed by atoms with van der Waals surface area (Å²) in [4.78, 5) is 5.49. The van der Waals surface area contributed by atoms with Gasteiger partial charge in [-0.15, -0.1) is 11.8 Å². The molecular formula is C19H22ClNO2SSi. The van der Waals surface area contributed by atoms with E-state index in [-0.39, 0.29) is 0 Å². The van der Waals surface area contributed by atoms with Gasteiger partial charge in [0, 0.05) is 21.7 Å². The molecule has 0 unspecified atom stereocenters. The molecule has 132 valence electrons. The highest BCUT2D eigenvalue weighted by atomic mass is 35.5. The normalized spacial score (nSPS) is 11.6. The molecule has 2 aromatic rings. The summed E-state index contributed by atoms with van der Waals surface area (Å²) in [7, 11) is -1.73. The van der Waals surface area contributed by atoms with Crippen LogP contribution in [0.4, 0.5) is 0 Å². The van der Waals surface area contributed by atoms with E-state index in [9.17, 15) is 0 Å². The van der Waals surface area contributed by atoms with E-state index in [0.29, 0.717) is 16.7 Å². The third kappa shape index (κ3) is 6.61. The fourth-order valence-electron chi connectivity index (χ4n) is 2.01. The van der Waals surface area contributed by atoms with Gasteiger partial charge in [-0.2, -0.15) is 0 Å². The number of ether oxygens (including phenoxy) is 1. The van der Waals surface area contributed by atoms with E-state index in [0.717, 1.165) is 11.3 Å². The van der Waals surface area contributed by atoms with Gasteiger partial charge in [0.2, 0.25) is 8.32 Å². The van der Waals surface area contributed by atoms with Crippen molar-refractivity contribution in [2.45, 2.75) is 24.5 Å². The van der Waals surface area contributed by atoms with Crippen LogP contribution in [0.1, 0.15) is 5.56 Å². The molecule has 25 heavy (non-hydrogen) atoms. The predicted octanol–water partition coefficient (Wildman–Crippen LogP) is 6.60. The average molecular weight is 392 g/mol. The van der Waals surface area contributed by atoms with Crippen LogP contribution in [0.15, 0.2) is 64.8 Å². The van der Waals surface area contributed by atoms with Gasteiger partial charge in [0.25, 0.3) is 0 Å². The predicted molar refractivity (Wildman–Crippen MR) is 111 cm³/mol. The van der Waals surface area contributed by atoms with Crippen LogP contribution in [-0.4, -0.2) is 20.8 Å². The van der Waals surface area contributed by atoms with Crippen LogP contribution in [-0.2, 0) is 4.43 Å². The second-order valence-electron chi connectivity index (χ2n) is 6.33. The molecule has 0 aliphatic rings. The summed E-state index contributed by atoms with van der Waals surface area (Å²) >= 11 is 7.80. The van der Waals surface area contributed by atoms with Crippen molar-refractivity contribution in [1.29, 1.82) is 0 Å². The lowest BCUT2D eigenvalue weighted by Gasteiger charge is -2.18. The zero-order valence-corrected chi connectivity index (χ0v) is 17.4. The molecule has 0 saturated heterocycles. The zero-order valence-electron chi connectivity index (χ0n) is 14.9. The monoisotopic (exact) mass is 391 g/mol. The molecular weight excluding hydrogens is 370 g/mol. The Morgan fingerprint density at radius 1 is 1.16 bits per heavy atom. The Morgan fingerprint density at radius 2 is 1.84 bits per heavy atom. The molecule has 0 spiro atoms. The quantitative estimate of drug-likeness (QED) is 0.230. The Hall–Kier alpha value is -1.69. The molecule has 0 fully saturated rings. The highest BCUT2D eigenvalue weighted by Gasteiger charge is 2.16. The minimum Gasteiger partial charge on any atom is -0.532 e. The summed E-state index contributed by atoms with van der Waals surface area (Å²) in [6, 6.07) is 13.3. The van der Waals surface area contributed by atoms with E-state index in [1.807, 2.05) is 36.6 Å². The molecule has 0 bridgehead atoms. The lowest BCUT2D eigenvalue weighted by Crippen LogP contribution is -2.24. The van der Waals surface area contributed by atoms with Gasteiger partial charge < -0.3 is 9.16 Å². The van der Waals surface area contributed by atoms with Crippen LogP contribution in [0.3, 0.4) is 0 Å². The Labute approximate surface area is 159 Å². The smallest absolute Gasteiger partial charge is 0.244 e. The van der Waals surface area contributed by atoms with Crippen molar-refractivity contribution < 1.29 is 9.16 Å². The van der Waals surface area contributed by atoms with Crippen LogP contribution in [0.25, 0.3) is 0 Å². The van der Waals surface area contributed by atoms with Gasteiger partial charge in [0.15, 0.2) is 5.88 Å². The topological polar surface area (TPSA) is 30.8 Å². The SMILES string of the molecule is C=C(N=Cc1cc(Cl)ccc1Oc1ccc(SC)cc1)O[Si](C)(C)C. The summed E-state index contributed by atoms with van der Waals surface area (Å²) in [5.74, 6) is 1.83. The van der Waals surface area contributed by atoms with Gasteiger partial charge >= 0.3 is 0 Å². The number of aliphatic imine (C=N–C) groups is 1. The lowest BCUT2D eigenvalue weighted by atomic mass is 10.2. The minimum absolute atomic E-state index is 0.398. The van der Waals surface area contributed by atoms with Crippen LogP contribution >= 0.6 is 23.4 Å². The molecule has 0 atom stereocenters. The molecule has 6 heteroatoms. The summed E-state index contributed by atoms with van der Waals surface area (Å²) in [5, 5.41) is 0.614. The van der Waals surface area contributed by atoms with E-state index < -0.39 is 8.32 Å². The maximum absolute atomic E-state index is 6.11. The van der Waals surface area contributed by atoms with Gasteiger partial charge in [0.05, 0.1) is 0 Å². The molecule has 0 heterocycles. The van der Waals surface area contributed by atoms with Gasteiger partial charge in [0.1, 0.15) is 11.5 Å². The number of rotatable bonds is 7. The minimum atomic E-state index is -1.73. The number of halogens is 1. The van der Waals surface area contributed by atoms with Crippen LogP contribution in [0.5, 0.6) is 11.5 Å². The van der Waals surface area contributed by atoms with Crippen LogP contribution < -0.4 is 4.74 Å². The molecule has 0 N–H and O–H groups in total. The summed E-state index contributed by atoms with van der Waals surface area (Å²) in [6.07, 6.45) is 3.71. The number of nitrogens with zero attached hydrogens (tertiary/aromatic N) is 1. The molecule has 0 aliphatic carbocycles. The molecule has 0 aliphatic heterocycles. The number of benzene rings is 2.